The van der Waals surface area contributed by atoms with E-state index in [1.165, 1.54) is 0 Å². The summed E-state index contributed by atoms with van der Waals surface area (Å²) in [4.78, 5) is 21.1. The zero-order valence-electron chi connectivity index (χ0n) is 9.55. The summed E-state index contributed by atoms with van der Waals surface area (Å²) in [5, 5.41) is 8.40. The van der Waals surface area contributed by atoms with Gasteiger partial charge in [0, 0.05) is 0 Å². The standard InChI is InChI=1S/C9H8F3N3O4S/c10-9(11,12)20(19,15-18)4-1-2-5(7(13)16)6(3-4)8(14)17/h1-3,18H,(H2,13,16)(H2,14,17). The average Bonchev–Trinajstić information content (AvgIpc) is 2.35. The molecule has 0 heterocycles. The number of benzene rings is 1. The lowest BCUT2D eigenvalue weighted by Crippen LogP contribution is -2.25. The fourth-order valence-electron chi connectivity index (χ4n) is 1.34. The molecule has 1 rings (SSSR count). The number of nitrogens with zero attached hydrogens (tertiary/aromatic N) is 1. The van der Waals surface area contributed by atoms with E-state index in [0.29, 0.717) is 12.1 Å². The Morgan fingerprint density at radius 2 is 1.65 bits per heavy atom. The third-order valence-corrected chi connectivity index (χ3v) is 4.02. The van der Waals surface area contributed by atoms with Crippen LogP contribution in [-0.2, 0) is 9.73 Å². The van der Waals surface area contributed by atoms with Crippen molar-refractivity contribution in [2.75, 3.05) is 0 Å². The van der Waals surface area contributed by atoms with Crippen molar-refractivity contribution >= 4 is 21.5 Å². The number of hydrogen-bond donors (Lipinski definition) is 3. The lowest BCUT2D eigenvalue weighted by Gasteiger charge is -2.13. The minimum atomic E-state index is -5.38. The predicted molar refractivity (Wildman–Crippen MR) is 60.2 cm³/mol. The second kappa shape index (κ2) is 5.09. The number of primary amides is 2. The maximum Gasteiger partial charge on any atom is 0.485 e. The third-order valence-electron chi connectivity index (χ3n) is 2.27. The van der Waals surface area contributed by atoms with Crippen LogP contribution in [0.2, 0.25) is 0 Å². The quantitative estimate of drug-likeness (QED) is 0.705. The number of nitrogens with two attached hydrogens (primary N) is 2. The predicted octanol–water partition coefficient (Wildman–Crippen LogP) is 0.620. The minimum Gasteiger partial charge on any atom is -0.366 e. The zero-order chi connectivity index (χ0) is 15.7. The molecule has 11 heteroatoms. The Morgan fingerprint density at radius 3 is 2.00 bits per heavy atom. The van der Waals surface area contributed by atoms with Gasteiger partial charge in [-0.25, -0.2) is 4.21 Å². The minimum absolute atomic E-state index is 0.442. The topological polar surface area (TPSA) is 136 Å². The van der Waals surface area contributed by atoms with Gasteiger partial charge in [-0.2, -0.15) is 13.2 Å². The van der Waals surface area contributed by atoms with E-state index >= 15 is 0 Å². The van der Waals surface area contributed by atoms with Gasteiger partial charge in [-0.05, 0) is 18.2 Å². The van der Waals surface area contributed by atoms with Crippen molar-refractivity contribution in [3.63, 3.8) is 0 Å². The molecule has 0 aromatic heterocycles. The van der Waals surface area contributed by atoms with Gasteiger partial charge < -0.3 is 11.5 Å². The molecule has 1 aromatic rings. The van der Waals surface area contributed by atoms with E-state index < -0.39 is 43.1 Å². The van der Waals surface area contributed by atoms with Crippen LogP contribution >= 0.6 is 0 Å². The summed E-state index contributed by atoms with van der Waals surface area (Å²) in [5.74, 6) is -2.35. The Kier molecular flexibility index (Phi) is 4.05. The molecule has 0 radical (unpaired) electrons. The van der Waals surface area contributed by atoms with E-state index in [2.05, 4.69) is 0 Å². The summed E-state index contributed by atoms with van der Waals surface area (Å²) in [6.45, 7) is 0. The SMILES string of the molecule is NC(=O)c1ccc(S(=O)(=NO)C(F)(F)F)cc1C(N)=O. The van der Waals surface area contributed by atoms with Crippen molar-refractivity contribution in [1.29, 1.82) is 0 Å². The molecule has 1 aromatic carbocycles. The van der Waals surface area contributed by atoms with Gasteiger partial charge in [-0.15, -0.1) is 0 Å². The molecule has 20 heavy (non-hydrogen) atoms. The molecular weight excluding hydrogens is 303 g/mol. The van der Waals surface area contributed by atoms with Crippen LogP contribution in [-0.4, -0.2) is 26.7 Å². The summed E-state index contributed by atoms with van der Waals surface area (Å²) in [7, 11) is -5.20. The first-order chi connectivity index (χ1) is 9.04. The molecule has 7 nitrogen and oxygen atoms in total. The Hall–Kier alpha value is -2.14. The van der Waals surface area contributed by atoms with Crippen molar-refractivity contribution in [2.45, 2.75) is 10.4 Å². The van der Waals surface area contributed by atoms with Crippen LogP contribution in [0.25, 0.3) is 0 Å². The van der Waals surface area contributed by atoms with E-state index in [0.717, 1.165) is 6.07 Å². The number of rotatable bonds is 3. The van der Waals surface area contributed by atoms with Crippen LogP contribution < -0.4 is 11.5 Å². The fourth-order valence-corrected chi connectivity index (χ4v) is 2.33. The molecule has 0 saturated heterocycles. The molecule has 0 bridgehead atoms. The molecule has 5 N–H and O–H groups in total. The second-order valence-corrected chi connectivity index (χ2v) is 5.64. The van der Waals surface area contributed by atoms with E-state index in [4.69, 9.17) is 16.7 Å². The van der Waals surface area contributed by atoms with Crippen molar-refractivity contribution in [2.24, 2.45) is 16.0 Å². The molecule has 1 atom stereocenters. The molecule has 0 fully saturated rings. The molecule has 110 valence electrons. The van der Waals surface area contributed by atoms with Crippen molar-refractivity contribution in [3.05, 3.63) is 29.3 Å². The maximum atomic E-state index is 12.6. The summed E-state index contributed by atoms with van der Waals surface area (Å²) >= 11 is 0. The fraction of sp³-hybridized carbons (Fsp3) is 0.111. The van der Waals surface area contributed by atoms with Gasteiger partial charge >= 0.3 is 5.51 Å². The lowest BCUT2D eigenvalue weighted by molar-refractivity contribution is -0.0414. The molecule has 0 aliphatic heterocycles. The molecular formula is C9H8F3N3O4S. The summed E-state index contributed by atoms with van der Waals surface area (Å²) in [6, 6.07) is 1.81. The highest BCUT2D eigenvalue weighted by Crippen LogP contribution is 2.33. The molecule has 1 unspecified atom stereocenters. The normalized spacial score (nSPS) is 14.4. The van der Waals surface area contributed by atoms with Crippen LogP contribution in [0, 0.1) is 0 Å². The van der Waals surface area contributed by atoms with Gasteiger partial charge in [0.25, 0.3) is 0 Å². The Bertz CT molecular complexity index is 692. The van der Waals surface area contributed by atoms with Crippen molar-refractivity contribution in [3.8, 4) is 0 Å². The van der Waals surface area contributed by atoms with Crippen LogP contribution in [0.3, 0.4) is 0 Å². The van der Waals surface area contributed by atoms with E-state index in [-0.39, 0.29) is 0 Å². The number of halogens is 3. The first kappa shape index (κ1) is 15.9. The highest BCUT2D eigenvalue weighted by atomic mass is 32.2. The molecule has 0 saturated carbocycles. The summed E-state index contributed by atoms with van der Waals surface area (Å²) in [6.07, 6.45) is 0. The number of alkyl halides is 3. The largest absolute Gasteiger partial charge is 0.485 e. The number of amides is 2. The number of carbonyl (C=O) groups is 2. The Balaban J connectivity index is 3.67. The molecule has 0 spiro atoms. The van der Waals surface area contributed by atoms with E-state index in [9.17, 15) is 27.0 Å². The maximum absolute atomic E-state index is 12.6. The highest BCUT2D eigenvalue weighted by Gasteiger charge is 2.45. The number of carbonyl (C=O) groups excluding carboxylic acids is 2. The van der Waals surface area contributed by atoms with Gasteiger partial charge in [0.2, 0.25) is 21.5 Å². The monoisotopic (exact) mass is 311 g/mol. The van der Waals surface area contributed by atoms with Crippen LogP contribution in [0.4, 0.5) is 13.2 Å². The van der Waals surface area contributed by atoms with Gasteiger partial charge in [0.15, 0.2) is 0 Å². The molecule has 0 aliphatic carbocycles. The van der Waals surface area contributed by atoms with Gasteiger partial charge in [0.1, 0.15) is 0 Å². The Morgan fingerprint density at radius 1 is 1.15 bits per heavy atom. The lowest BCUT2D eigenvalue weighted by atomic mass is 10.1. The van der Waals surface area contributed by atoms with Gasteiger partial charge in [-0.3, -0.25) is 14.8 Å². The van der Waals surface area contributed by atoms with E-state index in [1.54, 1.807) is 0 Å². The van der Waals surface area contributed by atoms with Crippen molar-refractivity contribution in [1.82, 2.24) is 0 Å². The second-order valence-electron chi connectivity index (χ2n) is 3.49. The smallest absolute Gasteiger partial charge is 0.366 e. The zero-order valence-corrected chi connectivity index (χ0v) is 10.4. The van der Waals surface area contributed by atoms with Crippen LogP contribution in [0.5, 0.6) is 0 Å². The van der Waals surface area contributed by atoms with Crippen LogP contribution in [0.15, 0.2) is 27.6 Å². The first-order valence-corrected chi connectivity index (χ1v) is 6.26. The van der Waals surface area contributed by atoms with E-state index in [1.807, 2.05) is 4.53 Å². The highest BCUT2D eigenvalue weighted by molar-refractivity contribution is 7.94. The van der Waals surface area contributed by atoms with Crippen LogP contribution in [0.1, 0.15) is 20.7 Å². The molecule has 0 aliphatic rings. The van der Waals surface area contributed by atoms with Gasteiger partial charge in [-0.1, -0.05) is 4.53 Å². The Labute approximate surface area is 110 Å². The molecule has 2 amide bonds. The number of hydrogen-bond acceptors (Lipinski definition) is 4. The van der Waals surface area contributed by atoms with Crippen molar-refractivity contribution < 1.29 is 32.2 Å². The third kappa shape index (κ3) is 2.58. The first-order valence-electron chi connectivity index (χ1n) is 4.75. The van der Waals surface area contributed by atoms with Gasteiger partial charge in [0.05, 0.1) is 16.0 Å². The summed E-state index contributed by atoms with van der Waals surface area (Å²) < 4.78 is 51.4. The average molecular weight is 311 g/mol. The summed E-state index contributed by atoms with van der Waals surface area (Å²) in [5.41, 5.74) is 3.34.